The predicted octanol–water partition coefficient (Wildman–Crippen LogP) is 4.41. The summed E-state index contributed by atoms with van der Waals surface area (Å²) in [5, 5.41) is 3.72. The van der Waals surface area contributed by atoms with E-state index in [1.54, 1.807) is 31.2 Å². The van der Waals surface area contributed by atoms with Gasteiger partial charge in [-0.15, -0.1) is 0 Å². The number of hydrogen-bond acceptors (Lipinski definition) is 4. The SMILES string of the molecule is CCOC(=O)c1ccc(CC(=O)NCCc2cc(Cl)ccc2N2CCCCC2)cc1. The molecule has 0 spiro atoms. The van der Waals surface area contributed by atoms with Crippen molar-refractivity contribution in [1.82, 2.24) is 5.32 Å². The number of amides is 1. The van der Waals surface area contributed by atoms with Crippen molar-refractivity contribution >= 4 is 29.2 Å². The van der Waals surface area contributed by atoms with Gasteiger partial charge in [-0.05, 0) is 74.1 Å². The van der Waals surface area contributed by atoms with Gasteiger partial charge in [0.15, 0.2) is 0 Å². The van der Waals surface area contributed by atoms with Crippen LogP contribution in [0, 0.1) is 0 Å². The minimum atomic E-state index is -0.348. The largest absolute Gasteiger partial charge is 0.462 e. The first-order valence-corrected chi connectivity index (χ1v) is 11.0. The highest BCUT2D eigenvalue weighted by Crippen LogP contribution is 2.27. The molecule has 1 N–H and O–H groups in total. The quantitative estimate of drug-likeness (QED) is 0.633. The van der Waals surface area contributed by atoms with Crippen LogP contribution in [0.4, 0.5) is 5.69 Å². The Morgan fingerprint density at radius 1 is 1.07 bits per heavy atom. The molecule has 1 heterocycles. The number of carbonyl (C=O) groups excluding carboxylic acids is 2. The Morgan fingerprint density at radius 3 is 2.50 bits per heavy atom. The zero-order valence-corrected chi connectivity index (χ0v) is 18.2. The van der Waals surface area contributed by atoms with Crippen LogP contribution in [0.25, 0.3) is 0 Å². The number of piperidine rings is 1. The highest BCUT2D eigenvalue weighted by Gasteiger charge is 2.15. The van der Waals surface area contributed by atoms with Crippen LogP contribution in [-0.2, 0) is 22.4 Å². The molecule has 6 heteroatoms. The van der Waals surface area contributed by atoms with Gasteiger partial charge in [0, 0.05) is 30.3 Å². The average Bonchev–Trinajstić information content (AvgIpc) is 2.75. The van der Waals surface area contributed by atoms with Crippen LogP contribution in [0.2, 0.25) is 5.02 Å². The van der Waals surface area contributed by atoms with Gasteiger partial charge in [0.05, 0.1) is 18.6 Å². The molecule has 1 aliphatic heterocycles. The number of esters is 1. The molecule has 0 unspecified atom stereocenters. The molecule has 0 bridgehead atoms. The molecule has 1 amide bonds. The van der Waals surface area contributed by atoms with E-state index in [1.165, 1.54) is 30.5 Å². The number of anilines is 1. The van der Waals surface area contributed by atoms with Crippen LogP contribution in [0.1, 0.15) is 47.7 Å². The van der Waals surface area contributed by atoms with E-state index in [0.717, 1.165) is 30.1 Å². The van der Waals surface area contributed by atoms with Gasteiger partial charge in [0.1, 0.15) is 0 Å². The molecule has 160 valence electrons. The third kappa shape index (κ3) is 6.23. The molecule has 1 saturated heterocycles. The van der Waals surface area contributed by atoms with E-state index in [2.05, 4.69) is 16.3 Å². The maximum atomic E-state index is 12.3. The fourth-order valence-corrected chi connectivity index (χ4v) is 3.95. The fraction of sp³-hybridized carbons (Fsp3) is 0.417. The number of nitrogens with one attached hydrogen (secondary N) is 1. The summed E-state index contributed by atoms with van der Waals surface area (Å²) in [5.74, 6) is -0.389. The zero-order chi connectivity index (χ0) is 21.3. The number of hydrogen-bond donors (Lipinski definition) is 1. The summed E-state index contributed by atoms with van der Waals surface area (Å²) in [5.41, 5.74) is 3.75. The van der Waals surface area contributed by atoms with E-state index in [9.17, 15) is 9.59 Å². The summed E-state index contributed by atoms with van der Waals surface area (Å²) in [6.07, 6.45) is 4.73. The Bertz CT molecular complexity index is 861. The zero-order valence-electron chi connectivity index (χ0n) is 17.5. The molecule has 0 saturated carbocycles. The highest BCUT2D eigenvalue weighted by atomic mass is 35.5. The first kappa shape index (κ1) is 22.2. The molecule has 0 aromatic heterocycles. The van der Waals surface area contributed by atoms with Crippen molar-refractivity contribution in [2.45, 2.75) is 39.0 Å². The molecular weight excluding hydrogens is 400 g/mol. The summed E-state index contributed by atoms with van der Waals surface area (Å²) in [4.78, 5) is 26.5. The molecule has 0 aliphatic carbocycles. The van der Waals surface area contributed by atoms with Gasteiger partial charge in [-0.2, -0.15) is 0 Å². The molecule has 1 fully saturated rings. The maximum Gasteiger partial charge on any atom is 0.338 e. The molecule has 30 heavy (non-hydrogen) atoms. The lowest BCUT2D eigenvalue weighted by Crippen LogP contribution is -2.31. The van der Waals surface area contributed by atoms with Crippen molar-refractivity contribution in [1.29, 1.82) is 0 Å². The first-order chi connectivity index (χ1) is 14.6. The van der Waals surface area contributed by atoms with E-state index in [1.807, 2.05) is 12.1 Å². The van der Waals surface area contributed by atoms with E-state index in [-0.39, 0.29) is 18.3 Å². The number of rotatable bonds is 8. The highest BCUT2D eigenvalue weighted by molar-refractivity contribution is 6.30. The lowest BCUT2D eigenvalue weighted by Gasteiger charge is -2.30. The minimum absolute atomic E-state index is 0.0413. The number of nitrogens with zero attached hydrogens (tertiary/aromatic N) is 1. The van der Waals surface area contributed by atoms with Crippen molar-refractivity contribution in [3.8, 4) is 0 Å². The smallest absolute Gasteiger partial charge is 0.338 e. The molecule has 2 aromatic carbocycles. The predicted molar refractivity (Wildman–Crippen MR) is 120 cm³/mol. The number of ether oxygens (including phenoxy) is 1. The van der Waals surface area contributed by atoms with E-state index >= 15 is 0 Å². The van der Waals surface area contributed by atoms with E-state index < -0.39 is 0 Å². The van der Waals surface area contributed by atoms with Crippen LogP contribution in [0.15, 0.2) is 42.5 Å². The van der Waals surface area contributed by atoms with Gasteiger partial charge in [-0.1, -0.05) is 23.7 Å². The van der Waals surface area contributed by atoms with Gasteiger partial charge < -0.3 is 15.0 Å². The lowest BCUT2D eigenvalue weighted by molar-refractivity contribution is -0.120. The molecule has 3 rings (SSSR count). The van der Waals surface area contributed by atoms with Gasteiger partial charge >= 0.3 is 5.97 Å². The summed E-state index contributed by atoms with van der Waals surface area (Å²) in [6.45, 7) is 4.82. The van der Waals surface area contributed by atoms with Crippen molar-refractivity contribution in [3.63, 3.8) is 0 Å². The summed E-state index contributed by atoms with van der Waals surface area (Å²) < 4.78 is 4.97. The maximum absolute atomic E-state index is 12.3. The van der Waals surface area contributed by atoms with Crippen LogP contribution in [-0.4, -0.2) is 38.1 Å². The second-order valence-electron chi connectivity index (χ2n) is 7.51. The summed E-state index contributed by atoms with van der Waals surface area (Å²) in [7, 11) is 0. The van der Waals surface area contributed by atoms with Gasteiger partial charge in [0.25, 0.3) is 0 Å². The third-order valence-electron chi connectivity index (χ3n) is 5.28. The Balaban J connectivity index is 1.52. The van der Waals surface area contributed by atoms with E-state index in [0.29, 0.717) is 18.7 Å². The average molecular weight is 429 g/mol. The van der Waals surface area contributed by atoms with Crippen molar-refractivity contribution in [2.75, 3.05) is 31.1 Å². The van der Waals surface area contributed by atoms with Crippen LogP contribution >= 0.6 is 11.6 Å². The lowest BCUT2D eigenvalue weighted by atomic mass is 10.0. The molecule has 5 nitrogen and oxygen atoms in total. The number of carbonyl (C=O) groups is 2. The third-order valence-corrected chi connectivity index (χ3v) is 5.52. The summed E-state index contributed by atoms with van der Waals surface area (Å²) >= 11 is 6.22. The van der Waals surface area contributed by atoms with E-state index in [4.69, 9.17) is 16.3 Å². The molecule has 0 radical (unpaired) electrons. The Morgan fingerprint density at radius 2 is 1.80 bits per heavy atom. The molecule has 0 atom stereocenters. The van der Waals surface area contributed by atoms with Gasteiger partial charge in [-0.3, -0.25) is 4.79 Å². The van der Waals surface area contributed by atoms with Gasteiger partial charge in [0.2, 0.25) is 5.91 Å². The molecule has 1 aliphatic rings. The normalized spacial score (nSPS) is 13.7. The van der Waals surface area contributed by atoms with Gasteiger partial charge in [-0.25, -0.2) is 4.79 Å². The second-order valence-corrected chi connectivity index (χ2v) is 7.95. The molecule has 2 aromatic rings. The van der Waals surface area contributed by atoms with Crippen LogP contribution < -0.4 is 10.2 Å². The second kappa shape index (κ2) is 11.0. The standard InChI is InChI=1S/C24H29ClN2O3/c1-2-30-24(29)19-8-6-18(7-9-19)16-23(28)26-13-12-20-17-21(25)10-11-22(20)27-14-4-3-5-15-27/h6-11,17H,2-5,12-16H2,1H3,(H,26,28). The topological polar surface area (TPSA) is 58.6 Å². The van der Waals surface area contributed by atoms with Crippen molar-refractivity contribution < 1.29 is 14.3 Å². The van der Waals surface area contributed by atoms with Crippen LogP contribution in [0.3, 0.4) is 0 Å². The Labute approximate surface area is 183 Å². The Kier molecular flexibility index (Phi) is 8.14. The molecular formula is C24H29ClN2O3. The monoisotopic (exact) mass is 428 g/mol. The van der Waals surface area contributed by atoms with Crippen molar-refractivity contribution in [3.05, 3.63) is 64.2 Å². The fourth-order valence-electron chi connectivity index (χ4n) is 3.76. The number of benzene rings is 2. The first-order valence-electron chi connectivity index (χ1n) is 10.6. The Hall–Kier alpha value is -2.53. The van der Waals surface area contributed by atoms with Crippen molar-refractivity contribution in [2.24, 2.45) is 0 Å². The minimum Gasteiger partial charge on any atom is -0.462 e. The number of halogens is 1. The summed E-state index contributed by atoms with van der Waals surface area (Å²) in [6, 6.07) is 13.0. The van der Waals surface area contributed by atoms with Crippen LogP contribution in [0.5, 0.6) is 0 Å².